The SMILES string of the molecule is COc1ccc(OC)c(S(=O)(=O)NCc2nnnn2-c2ccccc2)c1. The van der Waals surface area contributed by atoms with Gasteiger partial charge in [-0.25, -0.2) is 13.1 Å². The van der Waals surface area contributed by atoms with E-state index in [0.29, 0.717) is 11.6 Å². The lowest BCUT2D eigenvalue weighted by Crippen LogP contribution is -2.25. The van der Waals surface area contributed by atoms with Gasteiger partial charge in [0.2, 0.25) is 10.0 Å². The maximum atomic E-state index is 12.7. The summed E-state index contributed by atoms with van der Waals surface area (Å²) in [5.74, 6) is 0.961. The van der Waals surface area contributed by atoms with Crippen LogP contribution in [0.2, 0.25) is 0 Å². The smallest absolute Gasteiger partial charge is 0.244 e. The van der Waals surface area contributed by atoms with Crippen LogP contribution in [0, 0.1) is 0 Å². The maximum Gasteiger partial charge on any atom is 0.244 e. The van der Waals surface area contributed by atoms with Crippen molar-refractivity contribution in [2.45, 2.75) is 11.4 Å². The molecular formula is C16H17N5O4S. The Morgan fingerprint density at radius 2 is 1.85 bits per heavy atom. The van der Waals surface area contributed by atoms with Crippen LogP contribution in [-0.4, -0.2) is 42.8 Å². The van der Waals surface area contributed by atoms with E-state index >= 15 is 0 Å². The van der Waals surface area contributed by atoms with E-state index in [0.717, 1.165) is 5.69 Å². The fraction of sp³-hybridized carbons (Fsp3) is 0.188. The van der Waals surface area contributed by atoms with Crippen LogP contribution in [0.4, 0.5) is 0 Å². The summed E-state index contributed by atoms with van der Waals surface area (Å²) < 4.78 is 39.6. The molecule has 3 rings (SSSR count). The molecule has 1 heterocycles. The molecule has 10 heteroatoms. The molecule has 0 aliphatic heterocycles. The molecule has 0 aliphatic carbocycles. The second-order valence-corrected chi connectivity index (χ2v) is 6.92. The fourth-order valence-electron chi connectivity index (χ4n) is 2.32. The number of nitrogens with zero attached hydrogens (tertiary/aromatic N) is 4. The quantitative estimate of drug-likeness (QED) is 0.660. The zero-order valence-electron chi connectivity index (χ0n) is 14.2. The Bertz CT molecular complexity index is 989. The van der Waals surface area contributed by atoms with Gasteiger partial charge >= 0.3 is 0 Å². The number of benzene rings is 2. The Hall–Kier alpha value is -2.98. The summed E-state index contributed by atoms with van der Waals surface area (Å²) in [6.45, 7) is -0.0927. The normalized spacial score (nSPS) is 11.3. The Morgan fingerprint density at radius 3 is 2.54 bits per heavy atom. The lowest BCUT2D eigenvalue weighted by atomic mass is 10.3. The first-order valence-electron chi connectivity index (χ1n) is 7.59. The largest absolute Gasteiger partial charge is 0.497 e. The number of hydrogen-bond acceptors (Lipinski definition) is 7. The molecule has 26 heavy (non-hydrogen) atoms. The fourth-order valence-corrected chi connectivity index (χ4v) is 3.48. The summed E-state index contributed by atoms with van der Waals surface area (Å²) in [6, 6.07) is 13.7. The Kier molecular flexibility index (Phi) is 5.14. The van der Waals surface area contributed by atoms with Crippen LogP contribution in [-0.2, 0) is 16.6 Å². The van der Waals surface area contributed by atoms with E-state index in [4.69, 9.17) is 9.47 Å². The number of methoxy groups -OCH3 is 2. The summed E-state index contributed by atoms with van der Waals surface area (Å²) in [5.41, 5.74) is 0.727. The molecule has 0 amide bonds. The molecule has 2 aromatic carbocycles. The van der Waals surface area contributed by atoms with E-state index < -0.39 is 10.0 Å². The van der Waals surface area contributed by atoms with Crippen molar-refractivity contribution in [3.8, 4) is 17.2 Å². The van der Waals surface area contributed by atoms with Gasteiger partial charge in [-0.1, -0.05) is 18.2 Å². The van der Waals surface area contributed by atoms with E-state index in [9.17, 15) is 8.42 Å². The molecule has 0 unspecified atom stereocenters. The van der Waals surface area contributed by atoms with Gasteiger partial charge in [-0.15, -0.1) is 5.10 Å². The van der Waals surface area contributed by atoms with Crippen molar-refractivity contribution in [2.24, 2.45) is 0 Å². The van der Waals surface area contributed by atoms with E-state index in [1.807, 2.05) is 30.3 Å². The second kappa shape index (κ2) is 7.50. The molecule has 136 valence electrons. The van der Waals surface area contributed by atoms with Crippen LogP contribution < -0.4 is 14.2 Å². The lowest BCUT2D eigenvalue weighted by molar-refractivity contribution is 0.392. The molecule has 0 bridgehead atoms. The van der Waals surface area contributed by atoms with Crippen LogP contribution in [0.5, 0.6) is 11.5 Å². The molecule has 0 radical (unpaired) electrons. The van der Waals surface area contributed by atoms with Gasteiger partial charge in [-0.3, -0.25) is 0 Å². The molecule has 0 saturated carbocycles. The van der Waals surface area contributed by atoms with Crippen molar-refractivity contribution in [3.63, 3.8) is 0 Å². The van der Waals surface area contributed by atoms with E-state index in [2.05, 4.69) is 20.2 Å². The zero-order chi connectivity index (χ0) is 18.6. The topological polar surface area (TPSA) is 108 Å². The van der Waals surface area contributed by atoms with Crippen LogP contribution >= 0.6 is 0 Å². The number of para-hydroxylation sites is 1. The lowest BCUT2D eigenvalue weighted by Gasteiger charge is -2.12. The van der Waals surface area contributed by atoms with Crippen molar-refractivity contribution >= 4 is 10.0 Å². The average molecular weight is 375 g/mol. The number of aromatic nitrogens is 4. The van der Waals surface area contributed by atoms with Crippen molar-refractivity contribution in [1.29, 1.82) is 0 Å². The van der Waals surface area contributed by atoms with Crippen LogP contribution in [0.15, 0.2) is 53.4 Å². The first-order chi connectivity index (χ1) is 12.5. The van der Waals surface area contributed by atoms with Crippen molar-refractivity contribution in [3.05, 3.63) is 54.4 Å². The van der Waals surface area contributed by atoms with Gasteiger partial charge < -0.3 is 9.47 Å². The van der Waals surface area contributed by atoms with Gasteiger partial charge in [0.15, 0.2) is 5.82 Å². The minimum absolute atomic E-state index is 0.0296. The molecule has 3 aromatic rings. The minimum Gasteiger partial charge on any atom is -0.497 e. The third-order valence-electron chi connectivity index (χ3n) is 3.62. The number of hydrogen-bond donors (Lipinski definition) is 1. The number of ether oxygens (including phenoxy) is 2. The first kappa shape index (κ1) is 17.8. The van der Waals surface area contributed by atoms with Crippen LogP contribution in [0.25, 0.3) is 5.69 Å². The highest BCUT2D eigenvalue weighted by atomic mass is 32.2. The van der Waals surface area contributed by atoms with Crippen molar-refractivity contribution < 1.29 is 17.9 Å². The second-order valence-electron chi connectivity index (χ2n) is 5.18. The molecule has 1 aromatic heterocycles. The number of nitrogens with one attached hydrogen (secondary N) is 1. The maximum absolute atomic E-state index is 12.7. The molecule has 0 saturated heterocycles. The van der Waals surface area contributed by atoms with Gasteiger partial charge in [0.25, 0.3) is 0 Å². The summed E-state index contributed by atoms with van der Waals surface area (Å²) in [7, 11) is -1.02. The Balaban J connectivity index is 1.86. The average Bonchev–Trinajstić information content (AvgIpc) is 3.15. The predicted octanol–water partition coefficient (Wildman–Crippen LogP) is 1.16. The summed E-state index contributed by atoms with van der Waals surface area (Å²) >= 11 is 0. The highest BCUT2D eigenvalue weighted by Gasteiger charge is 2.21. The zero-order valence-corrected chi connectivity index (χ0v) is 15.0. The highest BCUT2D eigenvalue weighted by Crippen LogP contribution is 2.28. The number of rotatable bonds is 7. The molecule has 1 N–H and O–H groups in total. The summed E-state index contributed by atoms with van der Waals surface area (Å²) in [6.07, 6.45) is 0. The van der Waals surface area contributed by atoms with E-state index in [1.165, 1.54) is 31.0 Å². The summed E-state index contributed by atoms with van der Waals surface area (Å²) in [5, 5.41) is 11.4. The minimum atomic E-state index is -3.87. The third-order valence-corrected chi connectivity index (χ3v) is 5.04. The van der Waals surface area contributed by atoms with Crippen molar-refractivity contribution in [2.75, 3.05) is 14.2 Å². The van der Waals surface area contributed by atoms with Gasteiger partial charge in [0, 0.05) is 6.07 Å². The predicted molar refractivity (Wildman–Crippen MR) is 92.7 cm³/mol. The van der Waals surface area contributed by atoms with Gasteiger partial charge in [-0.2, -0.15) is 4.68 Å². The molecule has 0 atom stereocenters. The van der Waals surface area contributed by atoms with Gasteiger partial charge in [0.1, 0.15) is 16.4 Å². The van der Waals surface area contributed by atoms with Crippen molar-refractivity contribution in [1.82, 2.24) is 24.9 Å². The number of tetrazole rings is 1. The molecule has 0 spiro atoms. The van der Waals surface area contributed by atoms with Gasteiger partial charge in [0.05, 0.1) is 26.5 Å². The molecule has 0 aliphatic rings. The van der Waals surface area contributed by atoms with Crippen LogP contribution in [0.3, 0.4) is 0 Å². The number of sulfonamides is 1. The Morgan fingerprint density at radius 1 is 1.08 bits per heavy atom. The molecular weight excluding hydrogens is 358 g/mol. The molecule has 9 nitrogen and oxygen atoms in total. The Labute approximate surface area is 150 Å². The molecule has 0 fully saturated rings. The summed E-state index contributed by atoms with van der Waals surface area (Å²) in [4.78, 5) is -0.0296. The highest BCUT2D eigenvalue weighted by molar-refractivity contribution is 7.89. The monoisotopic (exact) mass is 375 g/mol. The standard InChI is InChI=1S/C16H17N5O4S/c1-24-13-8-9-14(25-2)15(10-13)26(22,23)17-11-16-18-19-20-21(16)12-6-4-3-5-7-12/h3-10,17H,11H2,1-2H3. The van der Waals surface area contributed by atoms with Gasteiger partial charge in [-0.05, 0) is 34.7 Å². The van der Waals surface area contributed by atoms with Crippen LogP contribution in [0.1, 0.15) is 5.82 Å². The van der Waals surface area contributed by atoms with E-state index in [-0.39, 0.29) is 17.2 Å². The van der Waals surface area contributed by atoms with E-state index in [1.54, 1.807) is 6.07 Å². The third kappa shape index (κ3) is 3.65. The first-order valence-corrected chi connectivity index (χ1v) is 9.08.